The van der Waals surface area contributed by atoms with Gasteiger partial charge in [0.05, 0.1) is 4.92 Å². The monoisotopic (exact) mass is 274 g/mol. The van der Waals surface area contributed by atoms with Crippen LogP contribution in [-0.2, 0) is 13.1 Å². The number of nitro benzene ring substituents is 1. The van der Waals surface area contributed by atoms with Crippen molar-refractivity contribution in [1.82, 2.24) is 5.32 Å². The van der Waals surface area contributed by atoms with Crippen LogP contribution in [0.4, 0.5) is 10.1 Å². The van der Waals surface area contributed by atoms with E-state index in [1.807, 2.05) is 13.0 Å². The maximum absolute atomic E-state index is 13.0. The average Bonchev–Trinajstić information content (AvgIpc) is 2.41. The van der Waals surface area contributed by atoms with E-state index in [2.05, 4.69) is 5.32 Å². The second-order valence-corrected chi connectivity index (χ2v) is 4.60. The number of aryl methyl sites for hydroxylation is 1. The van der Waals surface area contributed by atoms with Gasteiger partial charge in [-0.2, -0.15) is 0 Å². The van der Waals surface area contributed by atoms with Crippen molar-refractivity contribution in [3.63, 3.8) is 0 Å². The molecule has 104 valence electrons. The number of hydrogen-bond acceptors (Lipinski definition) is 3. The van der Waals surface area contributed by atoms with Gasteiger partial charge in [0, 0.05) is 25.2 Å². The molecule has 20 heavy (non-hydrogen) atoms. The Morgan fingerprint density at radius 1 is 1.20 bits per heavy atom. The molecule has 0 amide bonds. The van der Waals surface area contributed by atoms with Crippen LogP contribution in [0.15, 0.2) is 42.5 Å². The molecule has 0 aliphatic heterocycles. The minimum atomic E-state index is -0.409. The van der Waals surface area contributed by atoms with Crippen molar-refractivity contribution < 1.29 is 9.31 Å². The molecule has 4 nitrogen and oxygen atoms in total. The summed E-state index contributed by atoms with van der Waals surface area (Å²) in [5.41, 5.74) is 2.83. The van der Waals surface area contributed by atoms with Gasteiger partial charge >= 0.3 is 0 Å². The summed E-state index contributed by atoms with van der Waals surface area (Å²) in [5.74, 6) is -0.245. The largest absolute Gasteiger partial charge is 0.309 e. The Hall–Kier alpha value is -2.27. The third-order valence-corrected chi connectivity index (χ3v) is 3.07. The Morgan fingerprint density at radius 3 is 2.70 bits per heavy atom. The van der Waals surface area contributed by atoms with Crippen LogP contribution in [0.1, 0.15) is 16.7 Å². The number of halogens is 1. The molecule has 0 heterocycles. The Labute approximate surface area is 116 Å². The zero-order valence-electron chi connectivity index (χ0n) is 11.1. The third-order valence-electron chi connectivity index (χ3n) is 3.07. The quantitative estimate of drug-likeness (QED) is 0.672. The molecule has 0 radical (unpaired) electrons. The third kappa shape index (κ3) is 3.61. The molecular weight excluding hydrogens is 259 g/mol. The molecule has 0 aliphatic rings. The topological polar surface area (TPSA) is 55.2 Å². The van der Waals surface area contributed by atoms with Crippen molar-refractivity contribution in [3.8, 4) is 0 Å². The van der Waals surface area contributed by atoms with Gasteiger partial charge in [-0.25, -0.2) is 4.39 Å². The molecule has 0 fully saturated rings. The Morgan fingerprint density at radius 2 is 2.00 bits per heavy atom. The number of nitrogens with zero attached hydrogens (tertiary/aromatic N) is 1. The van der Waals surface area contributed by atoms with E-state index in [-0.39, 0.29) is 11.5 Å². The second kappa shape index (κ2) is 6.25. The number of non-ortho nitro benzene ring substituents is 1. The summed E-state index contributed by atoms with van der Waals surface area (Å²) < 4.78 is 13.0. The predicted molar refractivity (Wildman–Crippen MR) is 74.8 cm³/mol. The van der Waals surface area contributed by atoms with E-state index in [9.17, 15) is 14.5 Å². The zero-order chi connectivity index (χ0) is 14.5. The minimum absolute atomic E-state index is 0.0854. The van der Waals surface area contributed by atoms with Crippen molar-refractivity contribution >= 4 is 5.69 Å². The number of nitrogens with one attached hydrogen (secondary N) is 1. The van der Waals surface area contributed by atoms with E-state index >= 15 is 0 Å². The standard InChI is InChI=1S/C15H15FN2O2/c1-11-7-14(16)6-5-13(11)10-17-9-12-3-2-4-15(8-12)18(19)20/h2-8,17H,9-10H2,1H3. The summed E-state index contributed by atoms with van der Waals surface area (Å²) in [6.45, 7) is 2.97. The van der Waals surface area contributed by atoms with Crippen LogP contribution in [0.3, 0.4) is 0 Å². The lowest BCUT2D eigenvalue weighted by Gasteiger charge is -2.08. The fraction of sp³-hybridized carbons (Fsp3) is 0.200. The summed E-state index contributed by atoms with van der Waals surface area (Å²) >= 11 is 0. The molecule has 0 atom stereocenters. The number of benzene rings is 2. The summed E-state index contributed by atoms with van der Waals surface area (Å²) in [4.78, 5) is 10.3. The van der Waals surface area contributed by atoms with E-state index in [0.717, 1.165) is 16.7 Å². The van der Waals surface area contributed by atoms with Gasteiger partial charge in [0.1, 0.15) is 5.82 Å². The fourth-order valence-electron chi connectivity index (χ4n) is 1.98. The van der Waals surface area contributed by atoms with Crippen molar-refractivity contribution in [2.45, 2.75) is 20.0 Å². The molecule has 0 aromatic heterocycles. The Balaban J connectivity index is 1.96. The van der Waals surface area contributed by atoms with Crippen LogP contribution in [-0.4, -0.2) is 4.92 Å². The van der Waals surface area contributed by atoms with Gasteiger partial charge in [0.2, 0.25) is 0 Å². The smallest absolute Gasteiger partial charge is 0.269 e. The highest BCUT2D eigenvalue weighted by atomic mass is 19.1. The first kappa shape index (κ1) is 14.1. The summed E-state index contributed by atoms with van der Waals surface area (Å²) in [6, 6.07) is 11.2. The van der Waals surface area contributed by atoms with Crippen molar-refractivity contribution in [2.24, 2.45) is 0 Å². The average molecular weight is 274 g/mol. The SMILES string of the molecule is Cc1cc(F)ccc1CNCc1cccc([N+](=O)[O-])c1. The molecule has 1 N–H and O–H groups in total. The number of hydrogen-bond donors (Lipinski definition) is 1. The summed E-state index contributed by atoms with van der Waals surface area (Å²) in [7, 11) is 0. The highest BCUT2D eigenvalue weighted by Crippen LogP contribution is 2.14. The van der Waals surface area contributed by atoms with Gasteiger partial charge in [-0.15, -0.1) is 0 Å². The lowest BCUT2D eigenvalue weighted by molar-refractivity contribution is -0.384. The minimum Gasteiger partial charge on any atom is -0.309 e. The Kier molecular flexibility index (Phi) is 4.42. The van der Waals surface area contributed by atoms with Crippen LogP contribution in [0.5, 0.6) is 0 Å². The molecule has 0 saturated heterocycles. The lowest BCUT2D eigenvalue weighted by atomic mass is 10.1. The molecular formula is C15H15FN2O2. The van der Waals surface area contributed by atoms with E-state index in [1.54, 1.807) is 18.2 Å². The normalized spacial score (nSPS) is 10.5. The fourth-order valence-corrected chi connectivity index (χ4v) is 1.98. The van der Waals surface area contributed by atoms with Crippen LogP contribution < -0.4 is 5.32 Å². The summed E-state index contributed by atoms with van der Waals surface area (Å²) in [6.07, 6.45) is 0. The lowest BCUT2D eigenvalue weighted by Crippen LogP contribution is -2.13. The van der Waals surface area contributed by atoms with Gasteiger partial charge < -0.3 is 5.32 Å². The first-order valence-electron chi connectivity index (χ1n) is 6.25. The van der Waals surface area contributed by atoms with Crippen LogP contribution in [0, 0.1) is 22.9 Å². The van der Waals surface area contributed by atoms with Crippen LogP contribution >= 0.6 is 0 Å². The molecule has 0 aliphatic carbocycles. The molecule has 0 saturated carbocycles. The van der Waals surface area contributed by atoms with Gasteiger partial charge in [0.25, 0.3) is 5.69 Å². The number of nitro groups is 1. The van der Waals surface area contributed by atoms with E-state index < -0.39 is 4.92 Å². The predicted octanol–water partition coefficient (Wildman–Crippen LogP) is 3.33. The summed E-state index contributed by atoms with van der Waals surface area (Å²) in [5, 5.41) is 13.9. The van der Waals surface area contributed by atoms with Crippen molar-refractivity contribution in [3.05, 3.63) is 75.1 Å². The molecule has 2 aromatic rings. The van der Waals surface area contributed by atoms with Gasteiger partial charge in [0.15, 0.2) is 0 Å². The molecule has 5 heteroatoms. The molecule has 2 rings (SSSR count). The highest BCUT2D eigenvalue weighted by Gasteiger charge is 2.05. The van der Waals surface area contributed by atoms with Crippen molar-refractivity contribution in [1.29, 1.82) is 0 Å². The van der Waals surface area contributed by atoms with E-state index in [1.165, 1.54) is 18.2 Å². The van der Waals surface area contributed by atoms with E-state index in [0.29, 0.717) is 13.1 Å². The molecule has 0 unspecified atom stereocenters. The van der Waals surface area contributed by atoms with Gasteiger partial charge in [-0.3, -0.25) is 10.1 Å². The van der Waals surface area contributed by atoms with E-state index in [4.69, 9.17) is 0 Å². The van der Waals surface area contributed by atoms with Crippen LogP contribution in [0.25, 0.3) is 0 Å². The second-order valence-electron chi connectivity index (χ2n) is 4.60. The first-order valence-corrected chi connectivity index (χ1v) is 6.25. The van der Waals surface area contributed by atoms with Gasteiger partial charge in [-0.1, -0.05) is 18.2 Å². The zero-order valence-corrected chi connectivity index (χ0v) is 11.1. The number of rotatable bonds is 5. The van der Waals surface area contributed by atoms with Gasteiger partial charge in [-0.05, 0) is 35.7 Å². The maximum Gasteiger partial charge on any atom is 0.269 e. The van der Waals surface area contributed by atoms with Crippen LogP contribution in [0.2, 0.25) is 0 Å². The van der Waals surface area contributed by atoms with Crippen molar-refractivity contribution in [2.75, 3.05) is 0 Å². The molecule has 0 bridgehead atoms. The maximum atomic E-state index is 13.0. The molecule has 0 spiro atoms. The first-order chi connectivity index (χ1) is 9.56. The highest BCUT2D eigenvalue weighted by molar-refractivity contribution is 5.34. The molecule has 2 aromatic carbocycles. The Bertz CT molecular complexity index is 629.